The fraction of sp³-hybridized carbons (Fsp3) is 0.286. The second kappa shape index (κ2) is 11.7. The van der Waals surface area contributed by atoms with Gasteiger partial charge in [0.05, 0.1) is 17.7 Å². The molecule has 3 aromatic rings. The highest BCUT2D eigenvalue weighted by molar-refractivity contribution is 7.92. The number of halogens is 1. The summed E-state index contributed by atoms with van der Waals surface area (Å²) < 4.78 is 47.5. The molecular weight excluding hydrogens is 509 g/mol. The molecule has 3 aromatic carbocycles. The summed E-state index contributed by atoms with van der Waals surface area (Å²) in [5.74, 6) is -0.767. The smallest absolute Gasteiger partial charge is 0.264 e. The van der Waals surface area contributed by atoms with Gasteiger partial charge >= 0.3 is 0 Å². The Kier molecular flexibility index (Phi) is 8.43. The molecule has 0 radical (unpaired) electrons. The number of hydrogen-bond acceptors (Lipinski definition) is 6. The van der Waals surface area contributed by atoms with E-state index < -0.39 is 15.9 Å². The molecule has 0 saturated carbocycles. The highest BCUT2D eigenvalue weighted by Crippen LogP contribution is 2.32. The second-order valence-corrected chi connectivity index (χ2v) is 11.0. The number of para-hydroxylation sites is 2. The standard InChI is InChI=1S/C28H30FN3O5S/c1-37-26-5-3-2-4-25(26)32(38(35,36)24-12-8-22(9-13-24)28(30)34)19-18-31-16-14-21(15-17-31)27(33)20-6-10-23(29)11-7-20/h2-13,21H,14-19H2,1H3,(H2,30,34). The molecule has 200 valence electrons. The topological polar surface area (TPSA) is 110 Å². The average Bonchev–Trinajstić information content (AvgIpc) is 2.93. The largest absolute Gasteiger partial charge is 0.495 e. The van der Waals surface area contributed by atoms with Gasteiger partial charge in [-0.2, -0.15) is 0 Å². The number of benzene rings is 3. The second-order valence-electron chi connectivity index (χ2n) is 9.12. The normalized spacial score (nSPS) is 14.7. The molecule has 0 spiro atoms. The number of nitrogens with two attached hydrogens (primary N) is 1. The number of primary amides is 1. The first-order chi connectivity index (χ1) is 18.2. The molecule has 8 nitrogen and oxygen atoms in total. The summed E-state index contributed by atoms with van der Waals surface area (Å²) in [6, 6.07) is 18.0. The Morgan fingerprint density at radius 2 is 1.58 bits per heavy atom. The van der Waals surface area contributed by atoms with Crippen LogP contribution in [-0.2, 0) is 10.0 Å². The molecule has 0 unspecified atom stereocenters. The molecule has 1 aliphatic rings. The van der Waals surface area contributed by atoms with Crippen molar-refractivity contribution in [2.45, 2.75) is 17.7 Å². The van der Waals surface area contributed by atoms with Crippen LogP contribution < -0.4 is 14.8 Å². The molecule has 0 atom stereocenters. The van der Waals surface area contributed by atoms with E-state index >= 15 is 0 Å². The van der Waals surface area contributed by atoms with Crippen LogP contribution in [0.3, 0.4) is 0 Å². The van der Waals surface area contributed by atoms with E-state index in [1.807, 2.05) is 0 Å². The van der Waals surface area contributed by atoms with Crippen LogP contribution >= 0.6 is 0 Å². The van der Waals surface area contributed by atoms with Crippen molar-refractivity contribution < 1.29 is 27.1 Å². The Morgan fingerprint density at radius 3 is 2.18 bits per heavy atom. The number of likely N-dealkylation sites (tertiary alicyclic amines) is 1. The summed E-state index contributed by atoms with van der Waals surface area (Å²) in [6.07, 6.45) is 1.26. The summed E-state index contributed by atoms with van der Waals surface area (Å²) in [4.78, 5) is 26.4. The zero-order chi connectivity index (χ0) is 27.3. The summed E-state index contributed by atoms with van der Waals surface area (Å²) in [5.41, 5.74) is 6.42. The molecule has 2 N–H and O–H groups in total. The van der Waals surface area contributed by atoms with Crippen LogP contribution in [0.1, 0.15) is 33.6 Å². The van der Waals surface area contributed by atoms with Crippen molar-refractivity contribution in [2.24, 2.45) is 11.7 Å². The van der Waals surface area contributed by atoms with Gasteiger partial charge in [-0.1, -0.05) is 12.1 Å². The predicted octanol–water partition coefficient (Wildman–Crippen LogP) is 3.72. The van der Waals surface area contributed by atoms with Crippen LogP contribution in [0.25, 0.3) is 0 Å². The SMILES string of the molecule is COc1ccccc1N(CCN1CCC(C(=O)c2ccc(F)cc2)CC1)S(=O)(=O)c1ccc(C(N)=O)cc1. The maximum Gasteiger partial charge on any atom is 0.264 e. The van der Waals surface area contributed by atoms with Gasteiger partial charge in [-0.3, -0.25) is 13.9 Å². The van der Waals surface area contributed by atoms with Crippen molar-refractivity contribution in [3.63, 3.8) is 0 Å². The molecule has 0 aliphatic carbocycles. The van der Waals surface area contributed by atoms with E-state index in [1.54, 1.807) is 24.3 Å². The number of methoxy groups -OCH3 is 1. The summed E-state index contributed by atoms with van der Waals surface area (Å²) in [5, 5.41) is 0. The molecule has 1 aliphatic heterocycles. The Hall–Kier alpha value is -3.76. The Labute approximate surface area is 221 Å². The van der Waals surface area contributed by atoms with Gasteiger partial charge in [-0.15, -0.1) is 0 Å². The van der Waals surface area contributed by atoms with E-state index in [4.69, 9.17) is 10.5 Å². The lowest BCUT2D eigenvalue weighted by Crippen LogP contribution is -2.43. The third-order valence-electron chi connectivity index (χ3n) is 6.79. The highest BCUT2D eigenvalue weighted by atomic mass is 32.2. The van der Waals surface area contributed by atoms with Crippen LogP contribution in [0.2, 0.25) is 0 Å². The number of anilines is 1. The van der Waals surface area contributed by atoms with Gasteiger partial charge in [0, 0.05) is 30.1 Å². The van der Waals surface area contributed by atoms with Crippen molar-refractivity contribution in [3.05, 3.63) is 89.7 Å². The first kappa shape index (κ1) is 27.3. The molecule has 1 heterocycles. The van der Waals surface area contributed by atoms with Crippen LogP contribution in [-0.4, -0.2) is 58.3 Å². The van der Waals surface area contributed by atoms with Crippen molar-refractivity contribution >= 4 is 27.4 Å². The lowest BCUT2D eigenvalue weighted by molar-refractivity contribution is 0.0842. The molecule has 38 heavy (non-hydrogen) atoms. The van der Waals surface area contributed by atoms with Gasteiger partial charge < -0.3 is 15.4 Å². The lowest BCUT2D eigenvalue weighted by Gasteiger charge is -2.33. The molecule has 4 rings (SSSR count). The average molecular weight is 540 g/mol. The maximum absolute atomic E-state index is 13.7. The summed E-state index contributed by atoms with van der Waals surface area (Å²) in [7, 11) is -2.52. The zero-order valence-corrected chi connectivity index (χ0v) is 21.9. The first-order valence-electron chi connectivity index (χ1n) is 12.3. The minimum absolute atomic E-state index is 0.00211. The van der Waals surface area contributed by atoms with Crippen molar-refractivity contribution in [1.29, 1.82) is 0 Å². The molecule has 1 amide bonds. The third kappa shape index (κ3) is 6.03. The number of hydrogen-bond donors (Lipinski definition) is 1. The fourth-order valence-electron chi connectivity index (χ4n) is 4.63. The predicted molar refractivity (Wildman–Crippen MR) is 142 cm³/mol. The van der Waals surface area contributed by atoms with Gasteiger partial charge in [-0.05, 0) is 86.6 Å². The van der Waals surface area contributed by atoms with Crippen molar-refractivity contribution in [2.75, 3.05) is 37.6 Å². The third-order valence-corrected chi connectivity index (χ3v) is 8.61. The first-order valence-corrected chi connectivity index (χ1v) is 13.7. The summed E-state index contributed by atoms with van der Waals surface area (Å²) in [6.45, 7) is 1.85. The van der Waals surface area contributed by atoms with Crippen LogP contribution in [0.4, 0.5) is 10.1 Å². The van der Waals surface area contributed by atoms with Crippen LogP contribution in [0.15, 0.2) is 77.7 Å². The van der Waals surface area contributed by atoms with Gasteiger partial charge in [-0.25, -0.2) is 12.8 Å². The number of amides is 1. The zero-order valence-electron chi connectivity index (χ0n) is 21.0. The summed E-state index contributed by atoms with van der Waals surface area (Å²) >= 11 is 0. The Balaban J connectivity index is 1.49. The quantitative estimate of drug-likeness (QED) is 0.393. The van der Waals surface area contributed by atoms with Crippen molar-refractivity contribution in [1.82, 2.24) is 4.90 Å². The lowest BCUT2D eigenvalue weighted by atomic mass is 9.89. The number of piperidine rings is 1. The monoisotopic (exact) mass is 539 g/mol. The van der Waals surface area contributed by atoms with E-state index in [-0.39, 0.29) is 34.5 Å². The minimum atomic E-state index is -4.00. The molecule has 1 fully saturated rings. The number of sulfonamides is 1. The highest BCUT2D eigenvalue weighted by Gasteiger charge is 2.30. The Morgan fingerprint density at radius 1 is 0.974 bits per heavy atom. The minimum Gasteiger partial charge on any atom is -0.495 e. The molecule has 0 bridgehead atoms. The molecule has 10 heteroatoms. The van der Waals surface area contributed by atoms with E-state index in [0.29, 0.717) is 49.5 Å². The van der Waals surface area contributed by atoms with E-state index in [1.165, 1.54) is 59.9 Å². The van der Waals surface area contributed by atoms with Crippen LogP contribution in [0.5, 0.6) is 5.75 Å². The number of nitrogens with zero attached hydrogens (tertiary/aromatic N) is 2. The van der Waals surface area contributed by atoms with Gasteiger partial charge in [0.15, 0.2) is 5.78 Å². The molecule has 1 saturated heterocycles. The molecular formula is C28H30FN3O5S. The van der Waals surface area contributed by atoms with Crippen LogP contribution in [0, 0.1) is 11.7 Å². The fourth-order valence-corrected chi connectivity index (χ4v) is 6.09. The Bertz CT molecular complexity index is 1390. The number of rotatable bonds is 10. The number of ketones is 1. The maximum atomic E-state index is 13.7. The molecule has 0 aromatic heterocycles. The van der Waals surface area contributed by atoms with Gasteiger partial charge in [0.1, 0.15) is 11.6 Å². The van der Waals surface area contributed by atoms with E-state index in [2.05, 4.69) is 4.90 Å². The number of carbonyl (C=O) groups excluding carboxylic acids is 2. The number of ether oxygens (including phenoxy) is 1. The van der Waals surface area contributed by atoms with Gasteiger partial charge in [0.25, 0.3) is 10.0 Å². The van der Waals surface area contributed by atoms with Crippen molar-refractivity contribution in [3.8, 4) is 5.75 Å². The number of Topliss-reactive ketones (excluding diaryl/α,β-unsaturated/α-hetero) is 1. The van der Waals surface area contributed by atoms with E-state index in [9.17, 15) is 22.4 Å². The number of carbonyl (C=O) groups is 2. The van der Waals surface area contributed by atoms with E-state index in [0.717, 1.165) is 0 Å². The van der Waals surface area contributed by atoms with Gasteiger partial charge in [0.2, 0.25) is 5.91 Å².